The topological polar surface area (TPSA) is 60.6 Å². The van der Waals surface area contributed by atoms with E-state index in [4.69, 9.17) is 15.2 Å². The van der Waals surface area contributed by atoms with E-state index in [0.717, 1.165) is 31.9 Å². The average Bonchev–Trinajstić information content (AvgIpc) is 2.54. The normalized spacial score (nSPS) is 21.1. The lowest BCUT2D eigenvalue weighted by Gasteiger charge is -2.23. The molecule has 0 spiro atoms. The van der Waals surface area contributed by atoms with Gasteiger partial charge >= 0.3 is 0 Å². The maximum atomic E-state index is 5.76. The summed E-state index contributed by atoms with van der Waals surface area (Å²) in [5, 5.41) is 0. The fourth-order valence-electron chi connectivity index (χ4n) is 1.98. The van der Waals surface area contributed by atoms with E-state index in [1.807, 2.05) is 12.1 Å². The molecule has 1 atom stereocenters. The smallest absolute Gasteiger partial charge is 0.238 e. The van der Waals surface area contributed by atoms with Gasteiger partial charge in [-0.3, -0.25) is 0 Å². The molecule has 1 saturated heterocycles. The van der Waals surface area contributed by atoms with Crippen LogP contribution in [0.5, 0.6) is 5.88 Å². The summed E-state index contributed by atoms with van der Waals surface area (Å²) in [5.74, 6) is 1.38. The number of hydrogen-bond acceptors (Lipinski definition) is 5. The lowest BCUT2D eigenvalue weighted by atomic mass is 10.3. The van der Waals surface area contributed by atoms with Gasteiger partial charge in [0.1, 0.15) is 5.82 Å². The predicted molar refractivity (Wildman–Crippen MR) is 67.4 cm³/mol. The summed E-state index contributed by atoms with van der Waals surface area (Å²) in [6.45, 7) is 4.68. The number of nitrogens with two attached hydrogens (primary N) is 1. The molecule has 1 fully saturated rings. The molecule has 5 heteroatoms. The van der Waals surface area contributed by atoms with Gasteiger partial charge in [-0.15, -0.1) is 0 Å². The van der Waals surface area contributed by atoms with Crippen LogP contribution in [-0.4, -0.2) is 37.9 Å². The van der Waals surface area contributed by atoms with Crippen LogP contribution in [0.3, 0.4) is 0 Å². The maximum Gasteiger partial charge on any atom is 0.238 e. The number of rotatable bonds is 2. The summed E-state index contributed by atoms with van der Waals surface area (Å²) in [4.78, 5) is 6.62. The highest BCUT2D eigenvalue weighted by Crippen LogP contribution is 2.23. The van der Waals surface area contributed by atoms with Gasteiger partial charge in [-0.2, -0.15) is 4.98 Å². The molecule has 0 bridgehead atoms. The zero-order chi connectivity index (χ0) is 12.3. The van der Waals surface area contributed by atoms with Crippen molar-refractivity contribution in [2.45, 2.75) is 19.4 Å². The second-order valence-corrected chi connectivity index (χ2v) is 4.25. The van der Waals surface area contributed by atoms with Crippen LogP contribution in [0.15, 0.2) is 12.1 Å². The third-order valence-electron chi connectivity index (χ3n) is 2.84. The van der Waals surface area contributed by atoms with Crippen LogP contribution in [0.4, 0.5) is 11.5 Å². The van der Waals surface area contributed by atoms with Crippen molar-refractivity contribution >= 4 is 11.5 Å². The zero-order valence-corrected chi connectivity index (χ0v) is 10.3. The first-order chi connectivity index (χ1) is 8.20. The summed E-state index contributed by atoms with van der Waals surface area (Å²) < 4.78 is 10.7. The molecule has 5 nitrogen and oxygen atoms in total. The molecule has 0 aliphatic carbocycles. The predicted octanol–water partition coefficient (Wildman–Crippen LogP) is 1.29. The molecule has 1 aromatic heterocycles. The molecule has 0 amide bonds. The molecular weight excluding hydrogens is 218 g/mol. The molecule has 0 aromatic carbocycles. The summed E-state index contributed by atoms with van der Waals surface area (Å²) >= 11 is 0. The SMILES string of the molecule is COc1nc(N2CCCOC(C)C2)ccc1N. The van der Waals surface area contributed by atoms with Crippen molar-refractivity contribution in [2.75, 3.05) is 37.4 Å². The Bertz CT molecular complexity index is 384. The van der Waals surface area contributed by atoms with E-state index in [2.05, 4.69) is 16.8 Å². The monoisotopic (exact) mass is 237 g/mol. The zero-order valence-electron chi connectivity index (χ0n) is 10.3. The molecule has 2 N–H and O–H groups in total. The molecular formula is C12H19N3O2. The van der Waals surface area contributed by atoms with Crippen molar-refractivity contribution in [1.82, 2.24) is 4.98 Å². The van der Waals surface area contributed by atoms with Crippen molar-refractivity contribution in [3.05, 3.63) is 12.1 Å². The third kappa shape index (κ3) is 2.79. The Morgan fingerprint density at radius 1 is 1.53 bits per heavy atom. The van der Waals surface area contributed by atoms with Crippen LogP contribution in [-0.2, 0) is 4.74 Å². The van der Waals surface area contributed by atoms with Crippen molar-refractivity contribution in [1.29, 1.82) is 0 Å². The molecule has 1 unspecified atom stereocenters. The lowest BCUT2D eigenvalue weighted by Crippen LogP contribution is -2.30. The Hall–Kier alpha value is -1.49. The first-order valence-electron chi connectivity index (χ1n) is 5.87. The minimum Gasteiger partial charge on any atom is -0.479 e. The Labute approximate surface area is 102 Å². The molecule has 1 aliphatic heterocycles. The number of nitrogen functional groups attached to an aromatic ring is 1. The van der Waals surface area contributed by atoms with Crippen LogP contribution in [0.2, 0.25) is 0 Å². The fourth-order valence-corrected chi connectivity index (χ4v) is 1.98. The third-order valence-corrected chi connectivity index (χ3v) is 2.84. The van der Waals surface area contributed by atoms with Gasteiger partial charge in [0.15, 0.2) is 0 Å². The van der Waals surface area contributed by atoms with E-state index in [1.54, 1.807) is 7.11 Å². The van der Waals surface area contributed by atoms with E-state index in [1.165, 1.54) is 0 Å². The second kappa shape index (κ2) is 5.23. The largest absolute Gasteiger partial charge is 0.479 e. The highest BCUT2D eigenvalue weighted by molar-refractivity contribution is 5.54. The highest BCUT2D eigenvalue weighted by Gasteiger charge is 2.17. The Kier molecular flexibility index (Phi) is 3.68. The Morgan fingerprint density at radius 3 is 3.12 bits per heavy atom. The van der Waals surface area contributed by atoms with Gasteiger partial charge < -0.3 is 20.1 Å². The Balaban J connectivity index is 2.20. The van der Waals surface area contributed by atoms with Crippen LogP contribution >= 0.6 is 0 Å². The number of hydrogen-bond donors (Lipinski definition) is 1. The van der Waals surface area contributed by atoms with Gasteiger partial charge in [0.05, 0.1) is 18.9 Å². The van der Waals surface area contributed by atoms with E-state index >= 15 is 0 Å². The minimum absolute atomic E-state index is 0.225. The quantitative estimate of drug-likeness (QED) is 0.839. The van der Waals surface area contributed by atoms with Crippen molar-refractivity contribution < 1.29 is 9.47 Å². The number of nitrogens with zero attached hydrogens (tertiary/aromatic N) is 2. The molecule has 17 heavy (non-hydrogen) atoms. The Morgan fingerprint density at radius 2 is 2.35 bits per heavy atom. The van der Waals surface area contributed by atoms with Gasteiger partial charge in [-0.05, 0) is 25.5 Å². The van der Waals surface area contributed by atoms with Crippen LogP contribution in [0.25, 0.3) is 0 Å². The number of aromatic nitrogens is 1. The van der Waals surface area contributed by atoms with E-state index in [-0.39, 0.29) is 6.10 Å². The van der Waals surface area contributed by atoms with Gasteiger partial charge in [-0.25, -0.2) is 0 Å². The van der Waals surface area contributed by atoms with E-state index < -0.39 is 0 Å². The van der Waals surface area contributed by atoms with Crippen LogP contribution < -0.4 is 15.4 Å². The molecule has 2 rings (SSSR count). The number of ether oxygens (including phenoxy) is 2. The average molecular weight is 237 g/mol. The first-order valence-corrected chi connectivity index (χ1v) is 5.87. The fraction of sp³-hybridized carbons (Fsp3) is 0.583. The molecule has 0 radical (unpaired) electrons. The molecule has 1 aromatic rings. The van der Waals surface area contributed by atoms with E-state index in [9.17, 15) is 0 Å². The molecule has 1 aliphatic rings. The number of anilines is 2. The number of pyridine rings is 1. The van der Waals surface area contributed by atoms with Crippen molar-refractivity contribution in [3.63, 3.8) is 0 Å². The van der Waals surface area contributed by atoms with E-state index in [0.29, 0.717) is 11.6 Å². The summed E-state index contributed by atoms with van der Waals surface area (Å²) in [7, 11) is 1.58. The van der Waals surface area contributed by atoms with Gasteiger partial charge in [0.25, 0.3) is 0 Å². The number of methoxy groups -OCH3 is 1. The van der Waals surface area contributed by atoms with Crippen LogP contribution in [0, 0.1) is 0 Å². The van der Waals surface area contributed by atoms with Gasteiger partial charge in [0.2, 0.25) is 5.88 Å². The second-order valence-electron chi connectivity index (χ2n) is 4.25. The standard InChI is InChI=1S/C12H19N3O2/c1-9-8-15(6-3-7-17-9)11-5-4-10(13)12(14-11)16-2/h4-5,9H,3,6-8,13H2,1-2H3. The minimum atomic E-state index is 0.225. The summed E-state index contributed by atoms with van der Waals surface area (Å²) in [6.07, 6.45) is 1.24. The van der Waals surface area contributed by atoms with Crippen LogP contribution in [0.1, 0.15) is 13.3 Å². The van der Waals surface area contributed by atoms with Crippen molar-refractivity contribution in [2.24, 2.45) is 0 Å². The molecule has 2 heterocycles. The summed E-state index contributed by atoms with van der Waals surface area (Å²) in [5.41, 5.74) is 6.32. The summed E-state index contributed by atoms with van der Waals surface area (Å²) in [6, 6.07) is 3.76. The molecule has 0 saturated carbocycles. The molecule has 94 valence electrons. The van der Waals surface area contributed by atoms with Crippen molar-refractivity contribution in [3.8, 4) is 5.88 Å². The lowest BCUT2D eigenvalue weighted by molar-refractivity contribution is 0.0820. The highest BCUT2D eigenvalue weighted by atomic mass is 16.5. The van der Waals surface area contributed by atoms with Gasteiger partial charge in [0, 0.05) is 19.7 Å². The van der Waals surface area contributed by atoms with Gasteiger partial charge in [-0.1, -0.05) is 0 Å². The first kappa shape index (κ1) is 12.0. The maximum absolute atomic E-state index is 5.76.